The molecule has 3 aromatic carbocycles. The van der Waals surface area contributed by atoms with E-state index in [1.165, 1.54) is 22.5 Å². The molecule has 0 fully saturated rings. The number of carbonyl (C=O) groups is 1. The van der Waals surface area contributed by atoms with Gasteiger partial charge in [0.25, 0.3) is 0 Å². The monoisotopic (exact) mass is 636 g/mol. The van der Waals surface area contributed by atoms with Gasteiger partial charge in [-0.25, -0.2) is 4.68 Å². The second kappa shape index (κ2) is 13.6. The molecule has 0 amide bonds. The van der Waals surface area contributed by atoms with Crippen LogP contribution in [0.3, 0.4) is 0 Å². The molecule has 0 radical (unpaired) electrons. The maximum atomic E-state index is 13.2. The van der Waals surface area contributed by atoms with Crippen LogP contribution in [-0.2, 0) is 32.9 Å². The molecule has 1 unspecified atom stereocenters. The van der Waals surface area contributed by atoms with Crippen LogP contribution in [0.15, 0.2) is 48.5 Å². The van der Waals surface area contributed by atoms with Crippen LogP contribution in [0.5, 0.6) is 11.5 Å². The molecule has 45 heavy (non-hydrogen) atoms. The smallest absolute Gasteiger partial charge is 0.386 e. The maximum absolute atomic E-state index is 13.2. The Hall–Kier alpha value is -4.00. The average molecular weight is 637 g/mol. The van der Waals surface area contributed by atoms with Crippen LogP contribution in [0, 0.1) is 13.8 Å². The van der Waals surface area contributed by atoms with Gasteiger partial charge in [0.15, 0.2) is 0 Å². The summed E-state index contributed by atoms with van der Waals surface area (Å²) >= 11 is 0. The molecule has 4 aromatic rings. The minimum atomic E-state index is -4.12. The SMILES string of the molecule is CCOC(=O)CC(c1ccc(C)c([C@@H](C)N2Cc3cc(O)ccc3OS2(=O)=O)c1)c1ccc2c(nnn2CCCCCO)c1C. The topological polar surface area (TPSA) is 144 Å². The van der Waals surface area contributed by atoms with Crippen LogP contribution in [0.1, 0.15) is 84.9 Å². The fraction of sp³-hybridized carbons (Fsp3) is 0.424. The van der Waals surface area contributed by atoms with Crippen molar-refractivity contribution in [3.63, 3.8) is 0 Å². The molecule has 2 atom stereocenters. The first-order valence-electron chi connectivity index (χ1n) is 15.3. The van der Waals surface area contributed by atoms with E-state index < -0.39 is 16.3 Å². The number of aromatic nitrogens is 3. The number of rotatable bonds is 12. The van der Waals surface area contributed by atoms with E-state index >= 15 is 0 Å². The summed E-state index contributed by atoms with van der Waals surface area (Å²) in [6.45, 7) is 8.62. The molecule has 2 N–H and O–H groups in total. The molecule has 1 aromatic heterocycles. The van der Waals surface area contributed by atoms with Gasteiger partial charge in [0.2, 0.25) is 0 Å². The quantitative estimate of drug-likeness (QED) is 0.158. The van der Waals surface area contributed by atoms with E-state index in [-0.39, 0.29) is 49.6 Å². The van der Waals surface area contributed by atoms with Crippen LogP contribution in [-0.4, -0.2) is 57.1 Å². The van der Waals surface area contributed by atoms with Crippen LogP contribution in [0.2, 0.25) is 0 Å². The number of aromatic hydroxyl groups is 1. The fourth-order valence-corrected chi connectivity index (χ4v) is 7.34. The Balaban J connectivity index is 1.52. The fourth-order valence-electron chi connectivity index (χ4n) is 6.06. The van der Waals surface area contributed by atoms with E-state index in [0.29, 0.717) is 12.1 Å². The average Bonchev–Trinajstić information content (AvgIpc) is 3.42. The molecule has 12 heteroatoms. The molecule has 5 rings (SSSR count). The van der Waals surface area contributed by atoms with Gasteiger partial charge in [0.1, 0.15) is 17.0 Å². The number of carbonyl (C=O) groups excluding carboxylic acids is 1. The zero-order valence-corrected chi connectivity index (χ0v) is 26.9. The molecular weight excluding hydrogens is 596 g/mol. The number of hydrogen-bond donors (Lipinski definition) is 2. The number of hydrogen-bond acceptors (Lipinski definition) is 9. The zero-order valence-electron chi connectivity index (χ0n) is 26.1. The van der Waals surface area contributed by atoms with Crippen molar-refractivity contribution in [1.82, 2.24) is 19.3 Å². The molecule has 0 bridgehead atoms. The number of nitrogens with zero attached hydrogens (tertiary/aromatic N) is 4. The van der Waals surface area contributed by atoms with Crippen molar-refractivity contribution in [2.75, 3.05) is 13.2 Å². The van der Waals surface area contributed by atoms with Crippen LogP contribution in [0.25, 0.3) is 11.0 Å². The summed E-state index contributed by atoms with van der Waals surface area (Å²) in [5.74, 6) is -0.503. The predicted molar refractivity (Wildman–Crippen MR) is 169 cm³/mol. The highest BCUT2D eigenvalue weighted by Gasteiger charge is 2.37. The first-order chi connectivity index (χ1) is 21.5. The van der Waals surface area contributed by atoms with E-state index in [1.54, 1.807) is 13.8 Å². The van der Waals surface area contributed by atoms with Gasteiger partial charge >= 0.3 is 16.3 Å². The largest absolute Gasteiger partial charge is 0.508 e. The Morgan fingerprint density at radius 1 is 1.07 bits per heavy atom. The molecular formula is C33H40N4O7S. The van der Waals surface area contributed by atoms with Gasteiger partial charge in [-0.3, -0.25) is 4.79 Å². The summed E-state index contributed by atoms with van der Waals surface area (Å²) in [5.41, 5.74) is 6.51. The van der Waals surface area contributed by atoms with E-state index in [2.05, 4.69) is 10.3 Å². The first-order valence-corrected chi connectivity index (χ1v) is 16.6. The number of benzene rings is 3. The predicted octanol–water partition coefficient (Wildman–Crippen LogP) is 5.20. The van der Waals surface area contributed by atoms with Gasteiger partial charge in [-0.1, -0.05) is 29.5 Å². The summed E-state index contributed by atoms with van der Waals surface area (Å²) in [6.07, 6.45) is 2.60. The third-order valence-corrected chi connectivity index (χ3v) is 9.91. The Kier molecular flexibility index (Phi) is 9.76. The minimum absolute atomic E-state index is 0.0262. The van der Waals surface area contributed by atoms with E-state index in [0.717, 1.165) is 58.1 Å². The van der Waals surface area contributed by atoms with Crippen molar-refractivity contribution in [3.8, 4) is 11.5 Å². The number of aryl methyl sites for hydroxylation is 3. The second-order valence-corrected chi connectivity index (χ2v) is 13.0. The molecule has 0 aliphatic carbocycles. The Morgan fingerprint density at radius 3 is 2.62 bits per heavy atom. The highest BCUT2D eigenvalue weighted by Crippen LogP contribution is 2.39. The summed E-state index contributed by atoms with van der Waals surface area (Å²) < 4.78 is 40.4. The van der Waals surface area contributed by atoms with Crippen LogP contribution < -0.4 is 4.18 Å². The van der Waals surface area contributed by atoms with Crippen LogP contribution in [0.4, 0.5) is 0 Å². The summed E-state index contributed by atoms with van der Waals surface area (Å²) in [7, 11) is -4.12. The standard InChI is InChI=1S/C33H40N4O7S/c1-5-43-32(40)19-29(27-12-13-30-33(22(27)3)34-35-36(30)15-7-6-8-16-38)24-10-9-21(2)28(18-24)23(4)37-20-25-17-26(39)11-14-31(25)44-45(37,41)42/h9-14,17-18,23,29,38-39H,5-8,15-16,19-20H2,1-4H3/t23-,29?/m1/s1. The van der Waals surface area contributed by atoms with E-state index in [9.17, 15) is 18.3 Å². The van der Waals surface area contributed by atoms with E-state index in [1.807, 2.05) is 48.9 Å². The number of aliphatic hydroxyl groups excluding tert-OH is 1. The maximum Gasteiger partial charge on any atom is 0.386 e. The number of phenols is 1. The van der Waals surface area contributed by atoms with E-state index in [4.69, 9.17) is 14.0 Å². The summed E-state index contributed by atoms with van der Waals surface area (Å²) in [5, 5.41) is 27.9. The van der Waals surface area contributed by atoms with Gasteiger partial charge < -0.3 is 19.1 Å². The molecule has 0 saturated heterocycles. The molecule has 0 saturated carbocycles. The van der Waals surface area contributed by atoms with Crippen molar-refractivity contribution in [3.05, 3.63) is 81.9 Å². The lowest BCUT2D eigenvalue weighted by Crippen LogP contribution is -2.39. The van der Waals surface area contributed by atoms with Crippen molar-refractivity contribution in [2.24, 2.45) is 0 Å². The van der Waals surface area contributed by atoms with Gasteiger partial charge in [-0.15, -0.1) is 5.10 Å². The third-order valence-electron chi connectivity index (χ3n) is 8.50. The van der Waals surface area contributed by atoms with Gasteiger partial charge in [-0.2, -0.15) is 12.7 Å². The van der Waals surface area contributed by atoms with Crippen molar-refractivity contribution < 1.29 is 32.3 Å². The highest BCUT2D eigenvalue weighted by atomic mass is 32.2. The lowest BCUT2D eigenvalue weighted by Gasteiger charge is -2.33. The number of unbranched alkanes of at least 4 members (excludes halogenated alkanes) is 2. The minimum Gasteiger partial charge on any atom is -0.508 e. The Bertz CT molecular complexity index is 1800. The number of aliphatic hydroxyl groups is 1. The molecule has 240 valence electrons. The molecule has 1 aliphatic rings. The summed E-state index contributed by atoms with van der Waals surface area (Å²) in [6, 6.07) is 13.6. The number of ether oxygens (including phenoxy) is 1. The number of esters is 1. The molecule has 2 heterocycles. The second-order valence-electron chi connectivity index (χ2n) is 11.5. The van der Waals surface area contributed by atoms with Gasteiger partial charge in [-0.05, 0) is 99.0 Å². The lowest BCUT2D eigenvalue weighted by atomic mass is 9.83. The number of phenolic OH excluding ortho intramolecular Hbond substituents is 1. The summed E-state index contributed by atoms with van der Waals surface area (Å²) in [4.78, 5) is 12.9. The van der Waals surface area contributed by atoms with Crippen molar-refractivity contribution in [1.29, 1.82) is 0 Å². The lowest BCUT2D eigenvalue weighted by molar-refractivity contribution is -0.143. The highest BCUT2D eigenvalue weighted by molar-refractivity contribution is 7.84. The van der Waals surface area contributed by atoms with Crippen molar-refractivity contribution in [2.45, 2.75) is 78.4 Å². The zero-order chi connectivity index (χ0) is 32.3. The molecule has 11 nitrogen and oxygen atoms in total. The molecule has 1 aliphatic heterocycles. The Morgan fingerprint density at radius 2 is 1.87 bits per heavy atom. The number of fused-ring (bicyclic) bond motifs is 2. The normalized spacial score (nSPS) is 15.8. The van der Waals surface area contributed by atoms with Gasteiger partial charge in [0, 0.05) is 31.2 Å². The van der Waals surface area contributed by atoms with Gasteiger partial charge in [0.05, 0.1) is 24.6 Å². The molecule has 0 spiro atoms. The first kappa shape index (κ1) is 32.4. The Labute approximate surface area is 263 Å². The third kappa shape index (κ3) is 6.82. The van der Waals surface area contributed by atoms with Crippen molar-refractivity contribution >= 4 is 27.3 Å². The van der Waals surface area contributed by atoms with Crippen LogP contribution >= 0.6 is 0 Å².